The number of anilines is 1. The van der Waals surface area contributed by atoms with E-state index in [2.05, 4.69) is 33.5 Å². The number of pyridine rings is 1. The van der Waals surface area contributed by atoms with E-state index < -0.39 is 10.0 Å². The number of nitrogens with zero attached hydrogens (tertiary/aromatic N) is 5. The summed E-state index contributed by atoms with van der Waals surface area (Å²) in [6, 6.07) is 11.9. The van der Waals surface area contributed by atoms with E-state index in [1.54, 1.807) is 16.4 Å². The van der Waals surface area contributed by atoms with Crippen molar-refractivity contribution >= 4 is 15.8 Å². The monoisotopic (exact) mass is 443 g/mol. The first-order valence-corrected chi connectivity index (χ1v) is 12.5. The summed E-state index contributed by atoms with van der Waals surface area (Å²) in [7, 11) is -1.46. The van der Waals surface area contributed by atoms with Gasteiger partial charge in [0.2, 0.25) is 10.0 Å². The standard InChI is InChI=1S/C23H33N5O2S/c1-19(2)26-11-13-27(14-12-26)23-8-7-21(18-24-23)20-5-4-6-22(17-20)31(29,30)28-15-9-25(3)10-16-28/h4-8,17-19H,9-16H2,1-3H3. The molecule has 0 spiro atoms. The minimum Gasteiger partial charge on any atom is -0.354 e. The molecule has 2 aliphatic heterocycles. The Kier molecular flexibility index (Phi) is 6.62. The molecule has 31 heavy (non-hydrogen) atoms. The molecule has 1 aromatic heterocycles. The zero-order valence-corrected chi connectivity index (χ0v) is 19.6. The average molecular weight is 444 g/mol. The molecule has 168 valence electrons. The van der Waals surface area contributed by atoms with Gasteiger partial charge >= 0.3 is 0 Å². The van der Waals surface area contributed by atoms with Crippen LogP contribution < -0.4 is 4.90 Å². The van der Waals surface area contributed by atoms with E-state index in [1.165, 1.54) is 0 Å². The number of sulfonamides is 1. The molecule has 1 aromatic carbocycles. The van der Waals surface area contributed by atoms with Crippen LogP contribution in [0.25, 0.3) is 11.1 Å². The van der Waals surface area contributed by atoms with E-state index >= 15 is 0 Å². The van der Waals surface area contributed by atoms with Crippen LogP contribution in [-0.2, 0) is 10.0 Å². The second-order valence-corrected chi connectivity index (χ2v) is 10.7. The maximum Gasteiger partial charge on any atom is 0.243 e. The molecule has 0 bridgehead atoms. The molecule has 8 heteroatoms. The molecule has 0 radical (unpaired) electrons. The molecule has 0 saturated carbocycles. The van der Waals surface area contributed by atoms with Gasteiger partial charge in [0.1, 0.15) is 5.82 Å². The van der Waals surface area contributed by atoms with E-state index in [9.17, 15) is 8.42 Å². The molecule has 2 saturated heterocycles. The SMILES string of the molecule is CC(C)N1CCN(c2ccc(-c3cccc(S(=O)(=O)N4CCN(C)CC4)c3)cn2)CC1. The molecule has 0 unspecified atom stereocenters. The van der Waals surface area contributed by atoms with Crippen molar-refractivity contribution in [1.82, 2.24) is 19.1 Å². The van der Waals surface area contributed by atoms with Crippen LogP contribution in [-0.4, -0.2) is 93.0 Å². The number of aromatic nitrogens is 1. The van der Waals surface area contributed by atoms with Crippen LogP contribution in [0.4, 0.5) is 5.82 Å². The maximum atomic E-state index is 13.1. The Morgan fingerprint density at radius 3 is 2.19 bits per heavy atom. The third-order valence-corrected chi connectivity index (χ3v) is 8.28. The van der Waals surface area contributed by atoms with Crippen LogP contribution in [0.15, 0.2) is 47.5 Å². The van der Waals surface area contributed by atoms with Gasteiger partial charge in [0.25, 0.3) is 0 Å². The molecular formula is C23H33N5O2S. The Balaban J connectivity index is 1.48. The van der Waals surface area contributed by atoms with Gasteiger partial charge in [-0.2, -0.15) is 4.31 Å². The molecule has 0 N–H and O–H groups in total. The van der Waals surface area contributed by atoms with Crippen molar-refractivity contribution in [3.8, 4) is 11.1 Å². The van der Waals surface area contributed by atoms with Crippen LogP contribution in [0.3, 0.4) is 0 Å². The number of piperazine rings is 2. The largest absolute Gasteiger partial charge is 0.354 e. The molecule has 2 fully saturated rings. The minimum atomic E-state index is -3.48. The lowest BCUT2D eigenvalue weighted by Gasteiger charge is -2.37. The minimum absolute atomic E-state index is 0.350. The van der Waals surface area contributed by atoms with Crippen molar-refractivity contribution in [3.05, 3.63) is 42.6 Å². The molecule has 3 heterocycles. The highest BCUT2D eigenvalue weighted by Crippen LogP contribution is 2.26. The van der Waals surface area contributed by atoms with Crippen LogP contribution in [0.5, 0.6) is 0 Å². The van der Waals surface area contributed by atoms with Gasteiger partial charge in [-0.05, 0) is 50.7 Å². The Morgan fingerprint density at radius 1 is 0.871 bits per heavy atom. The normalized spacial score (nSPS) is 19.8. The molecule has 0 atom stereocenters. The summed E-state index contributed by atoms with van der Waals surface area (Å²) < 4.78 is 27.8. The van der Waals surface area contributed by atoms with Gasteiger partial charge in [0, 0.05) is 70.2 Å². The molecule has 0 aliphatic carbocycles. The van der Waals surface area contributed by atoms with Gasteiger partial charge in [0.05, 0.1) is 4.90 Å². The van der Waals surface area contributed by atoms with Gasteiger partial charge in [-0.25, -0.2) is 13.4 Å². The van der Waals surface area contributed by atoms with Crippen LogP contribution in [0.1, 0.15) is 13.8 Å². The van der Waals surface area contributed by atoms with Gasteiger partial charge < -0.3 is 9.80 Å². The fourth-order valence-corrected chi connectivity index (χ4v) is 5.69. The number of hydrogen-bond acceptors (Lipinski definition) is 6. The van der Waals surface area contributed by atoms with Gasteiger partial charge in [-0.1, -0.05) is 12.1 Å². The summed E-state index contributed by atoms with van der Waals surface area (Å²) in [5.74, 6) is 0.980. The molecule has 2 aliphatic rings. The van der Waals surface area contributed by atoms with E-state index in [0.717, 1.165) is 56.2 Å². The number of rotatable bonds is 5. The van der Waals surface area contributed by atoms with Crippen LogP contribution in [0.2, 0.25) is 0 Å². The smallest absolute Gasteiger partial charge is 0.243 e. The molecule has 0 amide bonds. The van der Waals surface area contributed by atoms with Crippen molar-refractivity contribution in [2.24, 2.45) is 0 Å². The van der Waals surface area contributed by atoms with Gasteiger partial charge in [-0.3, -0.25) is 4.90 Å². The van der Waals surface area contributed by atoms with E-state index in [-0.39, 0.29) is 0 Å². The van der Waals surface area contributed by atoms with Crippen molar-refractivity contribution in [2.75, 3.05) is 64.3 Å². The summed E-state index contributed by atoms with van der Waals surface area (Å²) in [4.78, 5) is 12.0. The Bertz CT molecular complexity index is 977. The van der Waals surface area contributed by atoms with E-state index in [1.807, 2.05) is 37.5 Å². The summed E-state index contributed by atoms with van der Waals surface area (Å²) in [6.45, 7) is 11.1. The number of likely N-dealkylation sites (N-methyl/N-ethyl adjacent to an activating group) is 1. The first-order chi connectivity index (χ1) is 14.8. The van der Waals surface area contributed by atoms with Crippen LogP contribution in [0, 0.1) is 0 Å². The van der Waals surface area contributed by atoms with Crippen molar-refractivity contribution in [2.45, 2.75) is 24.8 Å². The highest BCUT2D eigenvalue weighted by Gasteiger charge is 2.27. The lowest BCUT2D eigenvalue weighted by molar-refractivity contribution is 0.209. The second kappa shape index (κ2) is 9.24. The first-order valence-electron chi connectivity index (χ1n) is 11.1. The number of benzene rings is 1. The Labute approximate surface area is 186 Å². The molecule has 2 aromatic rings. The summed E-state index contributed by atoms with van der Waals surface area (Å²) in [5.41, 5.74) is 1.80. The predicted octanol–water partition coefficient (Wildman–Crippen LogP) is 2.22. The van der Waals surface area contributed by atoms with E-state index in [4.69, 9.17) is 0 Å². The topological polar surface area (TPSA) is 60.0 Å². The predicted molar refractivity (Wildman–Crippen MR) is 125 cm³/mol. The van der Waals surface area contributed by atoms with Gasteiger partial charge in [0.15, 0.2) is 0 Å². The molecule has 4 rings (SSSR count). The average Bonchev–Trinajstić information content (AvgIpc) is 2.80. The second-order valence-electron chi connectivity index (χ2n) is 8.76. The highest BCUT2D eigenvalue weighted by atomic mass is 32.2. The van der Waals surface area contributed by atoms with Crippen molar-refractivity contribution in [1.29, 1.82) is 0 Å². The Hall–Kier alpha value is -2.00. The van der Waals surface area contributed by atoms with E-state index in [0.29, 0.717) is 24.0 Å². The summed E-state index contributed by atoms with van der Waals surface area (Å²) in [6.07, 6.45) is 1.85. The van der Waals surface area contributed by atoms with Crippen molar-refractivity contribution < 1.29 is 8.42 Å². The van der Waals surface area contributed by atoms with Crippen molar-refractivity contribution in [3.63, 3.8) is 0 Å². The lowest BCUT2D eigenvalue weighted by Crippen LogP contribution is -2.49. The van der Waals surface area contributed by atoms with Gasteiger partial charge in [-0.15, -0.1) is 0 Å². The fraction of sp³-hybridized carbons (Fsp3) is 0.522. The zero-order valence-electron chi connectivity index (χ0n) is 18.7. The highest BCUT2D eigenvalue weighted by molar-refractivity contribution is 7.89. The summed E-state index contributed by atoms with van der Waals surface area (Å²) in [5, 5.41) is 0. The Morgan fingerprint density at radius 2 is 1.58 bits per heavy atom. The maximum absolute atomic E-state index is 13.1. The number of hydrogen-bond donors (Lipinski definition) is 0. The zero-order chi connectivity index (χ0) is 22.0. The fourth-order valence-electron chi connectivity index (χ4n) is 4.22. The first kappa shape index (κ1) is 22.2. The van der Waals surface area contributed by atoms with Crippen LogP contribution >= 0.6 is 0 Å². The summed E-state index contributed by atoms with van der Waals surface area (Å²) >= 11 is 0. The molecular weight excluding hydrogens is 410 g/mol. The lowest BCUT2D eigenvalue weighted by atomic mass is 10.1. The molecule has 7 nitrogen and oxygen atoms in total. The quantitative estimate of drug-likeness (QED) is 0.706. The third kappa shape index (κ3) is 4.92. The third-order valence-electron chi connectivity index (χ3n) is 6.38.